The third-order valence-electron chi connectivity index (χ3n) is 6.09. The normalized spacial score (nSPS) is 12.9. The van der Waals surface area contributed by atoms with Crippen LogP contribution in [0.3, 0.4) is 0 Å². The van der Waals surface area contributed by atoms with Gasteiger partial charge in [0.25, 0.3) is 11.8 Å². The summed E-state index contributed by atoms with van der Waals surface area (Å²) in [5, 5.41) is 20.5. The number of anilines is 1. The molecule has 5 aromatic rings. The number of azo groups is 1. The number of nitrogens with one attached hydrogen (secondary N) is 1. The van der Waals surface area contributed by atoms with E-state index in [1.807, 2.05) is 60.7 Å². The maximum absolute atomic E-state index is 13.0. The molecule has 164 valence electrons. The van der Waals surface area contributed by atoms with E-state index in [9.17, 15) is 14.7 Å². The molecule has 7 heteroatoms. The Morgan fingerprint density at radius 2 is 1.68 bits per heavy atom. The van der Waals surface area contributed by atoms with Crippen LogP contribution in [-0.4, -0.2) is 21.9 Å². The number of fused-ring (bicyclic) bond motifs is 1. The van der Waals surface area contributed by atoms with Crippen molar-refractivity contribution >= 4 is 44.9 Å². The second kappa shape index (κ2) is 7.67. The molecule has 0 aliphatic carbocycles. The van der Waals surface area contributed by atoms with Crippen molar-refractivity contribution in [3.05, 3.63) is 102 Å². The lowest BCUT2D eigenvalue weighted by atomic mass is 10.1. The van der Waals surface area contributed by atoms with Crippen molar-refractivity contribution in [3.63, 3.8) is 0 Å². The van der Waals surface area contributed by atoms with Gasteiger partial charge in [-0.15, -0.1) is 10.2 Å². The van der Waals surface area contributed by atoms with Crippen LogP contribution in [0.5, 0.6) is 5.88 Å². The summed E-state index contributed by atoms with van der Waals surface area (Å²) in [5.41, 5.74) is 3.79. The lowest BCUT2D eigenvalue weighted by Crippen LogP contribution is -2.26. The Labute approximate surface area is 194 Å². The fraction of sp³-hybridized carbons (Fsp3) is 0.0370. The minimum Gasteiger partial charge on any atom is -0.493 e. The van der Waals surface area contributed by atoms with Gasteiger partial charge in [0.15, 0.2) is 5.69 Å². The summed E-state index contributed by atoms with van der Waals surface area (Å²) in [7, 11) is 0. The number of aromatic nitrogens is 1. The summed E-state index contributed by atoms with van der Waals surface area (Å²) < 4.78 is 0. The number of para-hydroxylation sites is 1. The van der Waals surface area contributed by atoms with Crippen molar-refractivity contribution in [1.82, 2.24) is 4.98 Å². The number of aromatic hydroxyl groups is 1. The molecule has 6 rings (SSSR count). The third kappa shape index (κ3) is 3.14. The first-order valence-electron chi connectivity index (χ1n) is 10.8. The smallest absolute Gasteiger partial charge is 0.295 e. The lowest BCUT2D eigenvalue weighted by molar-refractivity contribution is 0.0984. The predicted molar refractivity (Wildman–Crippen MR) is 130 cm³/mol. The van der Waals surface area contributed by atoms with Crippen molar-refractivity contribution in [2.45, 2.75) is 6.54 Å². The van der Waals surface area contributed by atoms with E-state index in [2.05, 4.69) is 15.2 Å². The number of aromatic amines is 1. The molecule has 34 heavy (non-hydrogen) atoms. The summed E-state index contributed by atoms with van der Waals surface area (Å²) in [4.78, 5) is 30.1. The molecule has 2 N–H and O–H groups in total. The van der Waals surface area contributed by atoms with Crippen LogP contribution in [0.2, 0.25) is 0 Å². The second-order valence-electron chi connectivity index (χ2n) is 8.14. The maximum atomic E-state index is 13.0. The first-order valence-corrected chi connectivity index (χ1v) is 10.8. The summed E-state index contributed by atoms with van der Waals surface area (Å²) in [5.74, 6) is -0.690. The van der Waals surface area contributed by atoms with Crippen molar-refractivity contribution in [1.29, 1.82) is 0 Å². The molecule has 0 atom stereocenters. The average molecular weight is 446 g/mol. The minimum atomic E-state index is -0.523. The maximum Gasteiger partial charge on any atom is 0.295 e. The zero-order valence-electron chi connectivity index (χ0n) is 17.9. The molecule has 7 nitrogen and oxygen atoms in total. The van der Waals surface area contributed by atoms with E-state index in [4.69, 9.17) is 0 Å². The summed E-state index contributed by atoms with van der Waals surface area (Å²) in [6, 6.07) is 25.9. The van der Waals surface area contributed by atoms with Gasteiger partial charge < -0.3 is 15.0 Å². The fourth-order valence-corrected chi connectivity index (χ4v) is 4.44. The van der Waals surface area contributed by atoms with Crippen LogP contribution < -0.4 is 4.90 Å². The minimum absolute atomic E-state index is 0.0284. The van der Waals surface area contributed by atoms with Gasteiger partial charge in [-0.1, -0.05) is 54.6 Å². The second-order valence-corrected chi connectivity index (χ2v) is 8.14. The highest BCUT2D eigenvalue weighted by atomic mass is 16.3. The van der Waals surface area contributed by atoms with Gasteiger partial charge in [-0.05, 0) is 41.3 Å². The number of hydrogen-bond acceptors (Lipinski definition) is 4. The lowest BCUT2D eigenvalue weighted by Gasteiger charge is -2.18. The highest BCUT2D eigenvalue weighted by Crippen LogP contribution is 2.38. The molecule has 1 aliphatic heterocycles. The first kappa shape index (κ1) is 19.9. The van der Waals surface area contributed by atoms with Gasteiger partial charge in [0, 0.05) is 21.9 Å². The van der Waals surface area contributed by atoms with Crippen LogP contribution in [-0.2, 0) is 6.54 Å². The molecule has 4 aromatic carbocycles. The SMILES string of the molecule is O=C(N=Nc1c(O)[nH]c2ccccc12)c1ccc(CN2C(=O)c3cccc4cccc2c34)cc1. The number of nitrogens with zero attached hydrogens (tertiary/aromatic N) is 3. The molecule has 1 aromatic heterocycles. The van der Waals surface area contributed by atoms with Crippen LogP contribution in [0.1, 0.15) is 26.3 Å². The zero-order chi connectivity index (χ0) is 23.2. The van der Waals surface area contributed by atoms with Gasteiger partial charge >= 0.3 is 0 Å². The van der Waals surface area contributed by atoms with Crippen LogP contribution >= 0.6 is 0 Å². The first-order chi connectivity index (χ1) is 16.6. The monoisotopic (exact) mass is 446 g/mol. The molecular formula is C27H18N4O3. The highest BCUT2D eigenvalue weighted by molar-refractivity contribution is 6.24. The molecule has 1 aliphatic rings. The molecule has 0 unspecified atom stereocenters. The Bertz CT molecular complexity index is 1630. The summed E-state index contributed by atoms with van der Waals surface area (Å²) in [6.45, 7) is 0.395. The highest BCUT2D eigenvalue weighted by Gasteiger charge is 2.29. The molecule has 0 radical (unpaired) electrons. The van der Waals surface area contributed by atoms with Crippen LogP contribution in [0, 0.1) is 0 Å². The summed E-state index contributed by atoms with van der Waals surface area (Å²) in [6.07, 6.45) is 0. The quantitative estimate of drug-likeness (QED) is 0.326. The summed E-state index contributed by atoms with van der Waals surface area (Å²) >= 11 is 0. The van der Waals surface area contributed by atoms with Crippen LogP contribution in [0.25, 0.3) is 21.7 Å². The van der Waals surface area contributed by atoms with Gasteiger partial charge in [-0.3, -0.25) is 9.59 Å². The molecule has 0 spiro atoms. The van der Waals surface area contributed by atoms with E-state index in [0.717, 1.165) is 22.0 Å². The molecule has 0 saturated carbocycles. The number of carbonyl (C=O) groups is 2. The fourth-order valence-electron chi connectivity index (χ4n) is 4.44. The molecule has 2 amide bonds. The number of amides is 2. The van der Waals surface area contributed by atoms with E-state index in [0.29, 0.717) is 28.6 Å². The van der Waals surface area contributed by atoms with Crippen LogP contribution in [0.4, 0.5) is 11.4 Å². The Morgan fingerprint density at radius 1 is 0.912 bits per heavy atom. The van der Waals surface area contributed by atoms with Crippen molar-refractivity contribution in [2.24, 2.45) is 10.2 Å². The van der Waals surface area contributed by atoms with E-state index >= 15 is 0 Å². The molecule has 0 fully saturated rings. The molecule has 2 heterocycles. The topological polar surface area (TPSA) is 98.1 Å². The Kier molecular flexibility index (Phi) is 4.48. The van der Waals surface area contributed by atoms with Gasteiger partial charge in [-0.25, -0.2) is 0 Å². The molecule has 0 saturated heterocycles. The van der Waals surface area contributed by atoms with Gasteiger partial charge in [-0.2, -0.15) is 0 Å². The van der Waals surface area contributed by atoms with E-state index in [1.165, 1.54) is 0 Å². The van der Waals surface area contributed by atoms with E-state index < -0.39 is 5.91 Å². The van der Waals surface area contributed by atoms with Crippen molar-refractivity contribution < 1.29 is 14.7 Å². The number of benzene rings is 4. The predicted octanol–water partition coefficient (Wildman–Crippen LogP) is 6.11. The van der Waals surface area contributed by atoms with Crippen molar-refractivity contribution in [3.8, 4) is 5.88 Å². The Hall–Kier alpha value is -4.78. The standard InChI is InChI=1S/C27H18N4O3/c32-25(30-29-24-19-7-1-2-9-21(19)28-26(24)33)18-13-11-16(12-14-18)15-31-22-10-4-6-17-5-3-8-20(23(17)22)27(31)34/h1-14,28,33H,15H2. The number of carbonyl (C=O) groups excluding carboxylic acids is 2. The Morgan fingerprint density at radius 3 is 2.50 bits per heavy atom. The Balaban J connectivity index is 1.22. The van der Waals surface area contributed by atoms with Crippen molar-refractivity contribution in [2.75, 3.05) is 4.90 Å². The largest absolute Gasteiger partial charge is 0.493 e. The van der Waals surface area contributed by atoms with Gasteiger partial charge in [0.05, 0.1) is 17.7 Å². The van der Waals surface area contributed by atoms with E-state index in [-0.39, 0.29) is 17.5 Å². The van der Waals surface area contributed by atoms with Gasteiger partial charge in [0.1, 0.15) is 0 Å². The number of hydrogen-bond donors (Lipinski definition) is 2. The zero-order valence-corrected chi connectivity index (χ0v) is 17.9. The third-order valence-corrected chi connectivity index (χ3v) is 6.09. The van der Waals surface area contributed by atoms with Gasteiger partial charge in [0.2, 0.25) is 5.88 Å². The van der Waals surface area contributed by atoms with E-state index in [1.54, 1.807) is 29.2 Å². The molecule has 0 bridgehead atoms. The number of rotatable bonds is 4. The molecular weight excluding hydrogens is 428 g/mol. The number of H-pyrrole nitrogens is 1. The van der Waals surface area contributed by atoms with Crippen LogP contribution in [0.15, 0.2) is 95.2 Å². The average Bonchev–Trinajstić information content (AvgIpc) is 3.33.